The number of aromatic nitrogens is 1. The summed E-state index contributed by atoms with van der Waals surface area (Å²) in [6.45, 7) is 7.85. The second kappa shape index (κ2) is 14.9. The topological polar surface area (TPSA) is 176 Å². The standard InChI is InChI=1S/C32H45FN6O6S/c1-19-26(46-18-37-19)20-7-8-21(24(13-20)45-17-25(41)35-12-6-5-11-34)15-36-28(42)23-14-22(40)16-39(23)29(43)27(31(2,3)4)38-30(44)32(33)9-10-32/h7-8,13,18,22-23,27,40H,5-6,9-12,14-17,34H2,1-4H3,(H,35,41)(H,36,42)(H,38,44)/t22-,23?,27-/m1/s1. The Morgan fingerprint density at radius 3 is 2.59 bits per heavy atom. The lowest BCUT2D eigenvalue weighted by Gasteiger charge is -2.35. The number of β-amino-alcohol motifs (C(OH)–C–C–N with tert-alkyl or cyclic N) is 1. The van der Waals surface area contributed by atoms with E-state index in [9.17, 15) is 28.7 Å². The molecule has 2 aliphatic rings. The number of benzene rings is 1. The molecule has 2 heterocycles. The molecule has 1 saturated heterocycles. The fraction of sp³-hybridized carbons (Fsp3) is 0.594. The molecule has 1 unspecified atom stereocenters. The minimum Gasteiger partial charge on any atom is -0.483 e. The zero-order chi connectivity index (χ0) is 33.6. The van der Waals surface area contributed by atoms with Crippen LogP contribution in [0.1, 0.15) is 64.1 Å². The number of nitrogens with two attached hydrogens (primary N) is 1. The van der Waals surface area contributed by atoms with Gasteiger partial charge in [-0.1, -0.05) is 32.9 Å². The van der Waals surface area contributed by atoms with Gasteiger partial charge in [0.05, 0.1) is 22.2 Å². The van der Waals surface area contributed by atoms with Gasteiger partial charge in [-0.15, -0.1) is 11.3 Å². The number of rotatable bonds is 14. The molecule has 4 amide bonds. The number of aryl methyl sites for hydroxylation is 1. The van der Waals surface area contributed by atoms with Crippen molar-refractivity contribution in [1.82, 2.24) is 25.8 Å². The number of amides is 4. The summed E-state index contributed by atoms with van der Waals surface area (Å²) < 4.78 is 20.4. The van der Waals surface area contributed by atoms with Crippen LogP contribution in [0.4, 0.5) is 4.39 Å². The van der Waals surface area contributed by atoms with Crippen molar-refractivity contribution in [3.05, 3.63) is 35.0 Å². The van der Waals surface area contributed by atoms with Gasteiger partial charge < -0.3 is 36.4 Å². The number of carbonyl (C=O) groups excluding carboxylic acids is 4. The number of hydrogen-bond acceptors (Lipinski definition) is 9. The highest BCUT2D eigenvalue weighted by molar-refractivity contribution is 7.13. The van der Waals surface area contributed by atoms with E-state index in [0.717, 1.165) is 29.0 Å². The molecule has 2 fully saturated rings. The maximum Gasteiger partial charge on any atom is 0.258 e. The van der Waals surface area contributed by atoms with E-state index in [0.29, 0.717) is 24.4 Å². The number of carbonyl (C=O) groups is 4. The highest BCUT2D eigenvalue weighted by Crippen LogP contribution is 2.40. The molecule has 0 radical (unpaired) electrons. The van der Waals surface area contributed by atoms with Gasteiger partial charge in [0.1, 0.15) is 17.8 Å². The zero-order valence-electron chi connectivity index (χ0n) is 26.9. The third-order valence-electron chi connectivity index (χ3n) is 8.19. The van der Waals surface area contributed by atoms with E-state index >= 15 is 0 Å². The van der Waals surface area contributed by atoms with Crippen LogP contribution in [0, 0.1) is 12.3 Å². The highest BCUT2D eigenvalue weighted by Gasteiger charge is 2.53. The van der Waals surface area contributed by atoms with Gasteiger partial charge in [0.2, 0.25) is 11.8 Å². The number of nitrogens with one attached hydrogen (secondary N) is 3. The van der Waals surface area contributed by atoms with Crippen LogP contribution in [0.2, 0.25) is 0 Å². The van der Waals surface area contributed by atoms with Gasteiger partial charge in [0.15, 0.2) is 12.3 Å². The fourth-order valence-electron chi connectivity index (χ4n) is 5.26. The van der Waals surface area contributed by atoms with E-state index in [1.807, 2.05) is 13.0 Å². The summed E-state index contributed by atoms with van der Waals surface area (Å²) in [4.78, 5) is 58.7. The second-order valence-electron chi connectivity index (χ2n) is 13.1. The number of nitrogens with zero attached hydrogens (tertiary/aromatic N) is 2. The molecule has 252 valence electrons. The fourth-order valence-corrected chi connectivity index (χ4v) is 6.07. The molecule has 14 heteroatoms. The van der Waals surface area contributed by atoms with Crippen molar-refractivity contribution in [3.8, 4) is 16.2 Å². The second-order valence-corrected chi connectivity index (χ2v) is 13.9. The van der Waals surface area contributed by atoms with Crippen LogP contribution in [0.3, 0.4) is 0 Å². The number of ether oxygens (including phenoxy) is 1. The van der Waals surface area contributed by atoms with Crippen LogP contribution in [-0.4, -0.2) is 88.7 Å². The third-order valence-corrected chi connectivity index (χ3v) is 9.17. The Balaban J connectivity index is 1.47. The van der Waals surface area contributed by atoms with Gasteiger partial charge in [-0.25, -0.2) is 9.37 Å². The van der Waals surface area contributed by atoms with Crippen molar-refractivity contribution < 1.29 is 33.4 Å². The number of thiazole rings is 1. The summed E-state index contributed by atoms with van der Waals surface area (Å²) in [5.41, 5.74) is 6.80. The number of unbranched alkanes of at least 4 members (excludes halogenated alkanes) is 1. The maximum absolute atomic E-state index is 14.5. The van der Waals surface area contributed by atoms with E-state index in [1.165, 1.54) is 16.2 Å². The first-order valence-corrected chi connectivity index (χ1v) is 16.5. The van der Waals surface area contributed by atoms with Crippen molar-refractivity contribution in [3.63, 3.8) is 0 Å². The van der Waals surface area contributed by atoms with E-state index in [4.69, 9.17) is 10.5 Å². The normalized spacial score (nSPS) is 19.3. The Morgan fingerprint density at radius 2 is 1.96 bits per heavy atom. The Morgan fingerprint density at radius 1 is 1.22 bits per heavy atom. The number of likely N-dealkylation sites (tertiary alicyclic amines) is 1. The summed E-state index contributed by atoms with van der Waals surface area (Å²) >= 11 is 1.47. The Kier molecular flexibility index (Phi) is 11.4. The quantitative estimate of drug-likeness (QED) is 0.191. The maximum atomic E-state index is 14.5. The molecule has 3 atom stereocenters. The Bertz CT molecular complexity index is 1420. The van der Waals surface area contributed by atoms with Gasteiger partial charge in [0, 0.05) is 31.6 Å². The molecule has 1 aromatic heterocycles. The molecule has 1 aliphatic heterocycles. The summed E-state index contributed by atoms with van der Waals surface area (Å²) in [7, 11) is 0. The van der Waals surface area contributed by atoms with Crippen LogP contribution in [0.25, 0.3) is 10.4 Å². The first-order valence-electron chi connectivity index (χ1n) is 15.6. The lowest BCUT2D eigenvalue weighted by molar-refractivity contribution is -0.145. The van der Waals surface area contributed by atoms with Crippen molar-refractivity contribution in [1.29, 1.82) is 0 Å². The predicted molar refractivity (Wildman–Crippen MR) is 172 cm³/mol. The Labute approximate surface area is 272 Å². The molecule has 1 saturated carbocycles. The number of aliphatic hydroxyl groups is 1. The molecule has 1 aliphatic carbocycles. The third kappa shape index (κ3) is 8.80. The smallest absolute Gasteiger partial charge is 0.258 e. The molecule has 46 heavy (non-hydrogen) atoms. The molecular weight excluding hydrogens is 615 g/mol. The molecule has 0 spiro atoms. The van der Waals surface area contributed by atoms with Gasteiger partial charge in [-0.3, -0.25) is 19.2 Å². The zero-order valence-corrected chi connectivity index (χ0v) is 27.7. The molecule has 12 nitrogen and oxygen atoms in total. The SMILES string of the molecule is Cc1ncsc1-c1ccc(CNC(=O)C2C[C@@H](O)CN2C(=O)[C@@H](NC(=O)C2(F)CC2)C(C)(C)C)c(OCC(=O)NCCCCN)c1. The first-order chi connectivity index (χ1) is 21.7. The lowest BCUT2D eigenvalue weighted by Crippen LogP contribution is -2.59. The predicted octanol–water partition coefficient (Wildman–Crippen LogP) is 1.96. The summed E-state index contributed by atoms with van der Waals surface area (Å²) in [5, 5.41) is 18.7. The number of aliphatic hydroxyl groups excluding tert-OH is 1. The van der Waals surface area contributed by atoms with Crippen LogP contribution in [0.15, 0.2) is 23.7 Å². The highest BCUT2D eigenvalue weighted by atomic mass is 32.1. The number of alkyl halides is 1. The van der Waals surface area contributed by atoms with Gasteiger partial charge in [0.25, 0.3) is 11.8 Å². The summed E-state index contributed by atoms with van der Waals surface area (Å²) in [6.07, 6.45) is 0.824. The first kappa shape index (κ1) is 35.2. The number of hydrogen-bond donors (Lipinski definition) is 5. The average molecular weight is 661 g/mol. The van der Waals surface area contributed by atoms with Crippen LogP contribution in [0.5, 0.6) is 5.75 Å². The van der Waals surface area contributed by atoms with Crippen LogP contribution < -0.4 is 26.4 Å². The molecule has 0 bridgehead atoms. The lowest BCUT2D eigenvalue weighted by atomic mass is 9.85. The minimum absolute atomic E-state index is 0.00666. The van der Waals surface area contributed by atoms with E-state index in [1.54, 1.807) is 38.4 Å². The van der Waals surface area contributed by atoms with Crippen molar-refractivity contribution >= 4 is 35.0 Å². The molecule has 1 aromatic carbocycles. The molecule has 4 rings (SSSR count). The van der Waals surface area contributed by atoms with Crippen molar-refractivity contribution in [2.45, 2.75) is 90.2 Å². The molecular formula is C32H45FN6O6S. The van der Waals surface area contributed by atoms with Gasteiger partial charge in [-0.05, 0) is 56.2 Å². The van der Waals surface area contributed by atoms with Crippen molar-refractivity contribution in [2.75, 3.05) is 26.2 Å². The van der Waals surface area contributed by atoms with E-state index in [-0.39, 0.29) is 44.9 Å². The monoisotopic (exact) mass is 660 g/mol. The largest absolute Gasteiger partial charge is 0.483 e. The summed E-state index contributed by atoms with van der Waals surface area (Å²) in [6, 6.07) is 3.37. The average Bonchev–Trinajstić information content (AvgIpc) is 3.42. The van der Waals surface area contributed by atoms with Gasteiger partial charge in [-0.2, -0.15) is 0 Å². The Hall–Kier alpha value is -3.62. The van der Waals surface area contributed by atoms with Crippen LogP contribution in [-0.2, 0) is 25.7 Å². The van der Waals surface area contributed by atoms with E-state index < -0.39 is 47.0 Å². The van der Waals surface area contributed by atoms with Crippen LogP contribution >= 0.6 is 11.3 Å². The molecule has 6 N–H and O–H groups in total. The van der Waals surface area contributed by atoms with E-state index in [2.05, 4.69) is 20.9 Å². The van der Waals surface area contributed by atoms with Gasteiger partial charge >= 0.3 is 0 Å². The summed E-state index contributed by atoms with van der Waals surface area (Å²) in [5.74, 6) is -1.79. The molecule has 2 aromatic rings. The minimum atomic E-state index is -1.97. The van der Waals surface area contributed by atoms with Crippen molar-refractivity contribution in [2.24, 2.45) is 11.1 Å². The number of halogens is 1.